The molecule has 1 aromatic heterocycles. The van der Waals surface area contributed by atoms with E-state index in [9.17, 15) is 4.79 Å². The number of fused-ring (bicyclic) bond motifs is 1. The average molecular weight is 429 g/mol. The van der Waals surface area contributed by atoms with Gasteiger partial charge in [-0.15, -0.1) is 0 Å². The van der Waals surface area contributed by atoms with E-state index in [0.717, 1.165) is 62.2 Å². The largest absolute Gasteiger partial charge is 0.381 e. The molecule has 30 heavy (non-hydrogen) atoms. The summed E-state index contributed by atoms with van der Waals surface area (Å²) >= 11 is 6.42. The maximum Gasteiger partial charge on any atom is 0.254 e. The number of hydrogen-bond donors (Lipinski definition) is 1. The molecule has 1 amide bonds. The van der Waals surface area contributed by atoms with Crippen LogP contribution in [0.4, 0.5) is 5.95 Å². The molecule has 3 aliphatic rings. The summed E-state index contributed by atoms with van der Waals surface area (Å²) in [5.74, 6) is 0.598. The third kappa shape index (κ3) is 4.02. The molecular weight excluding hydrogens is 404 g/mol. The second-order valence-corrected chi connectivity index (χ2v) is 8.52. The average Bonchev–Trinajstić information content (AvgIpc) is 3.39. The molecule has 1 atom stereocenters. The summed E-state index contributed by atoms with van der Waals surface area (Å²) in [5, 5.41) is 3.84. The van der Waals surface area contributed by atoms with E-state index in [-0.39, 0.29) is 12.0 Å². The van der Waals surface area contributed by atoms with Crippen molar-refractivity contribution in [3.8, 4) is 11.3 Å². The molecule has 0 bridgehead atoms. The van der Waals surface area contributed by atoms with Crippen molar-refractivity contribution in [3.05, 3.63) is 40.5 Å². The number of ether oxygens (including phenoxy) is 2. The molecule has 158 valence electrons. The zero-order valence-electron chi connectivity index (χ0n) is 16.8. The van der Waals surface area contributed by atoms with Crippen LogP contribution in [0.1, 0.15) is 41.6 Å². The van der Waals surface area contributed by atoms with Crippen LogP contribution in [-0.2, 0) is 16.0 Å². The number of hydrogen-bond acceptors (Lipinski definition) is 6. The van der Waals surface area contributed by atoms with Crippen LogP contribution < -0.4 is 5.32 Å². The van der Waals surface area contributed by atoms with E-state index >= 15 is 0 Å². The van der Waals surface area contributed by atoms with Crippen LogP contribution in [0.3, 0.4) is 0 Å². The van der Waals surface area contributed by atoms with Crippen molar-refractivity contribution in [1.29, 1.82) is 0 Å². The summed E-state index contributed by atoms with van der Waals surface area (Å²) < 4.78 is 11.1. The number of carbonyl (C=O) groups excluding carboxylic acids is 1. The molecular formula is C22H25ClN4O3. The Morgan fingerprint density at radius 3 is 2.87 bits per heavy atom. The topological polar surface area (TPSA) is 76.6 Å². The minimum atomic E-state index is 0.0492. The van der Waals surface area contributed by atoms with E-state index in [0.29, 0.717) is 35.8 Å². The van der Waals surface area contributed by atoms with Gasteiger partial charge in [-0.25, -0.2) is 9.97 Å². The highest BCUT2D eigenvalue weighted by molar-refractivity contribution is 6.33. The van der Waals surface area contributed by atoms with Crippen LogP contribution in [0.25, 0.3) is 11.3 Å². The first kappa shape index (κ1) is 19.7. The fraction of sp³-hybridized carbons (Fsp3) is 0.500. The Morgan fingerprint density at radius 1 is 1.20 bits per heavy atom. The van der Waals surface area contributed by atoms with E-state index in [4.69, 9.17) is 21.1 Å². The fourth-order valence-electron chi connectivity index (χ4n) is 4.35. The van der Waals surface area contributed by atoms with Gasteiger partial charge in [-0.05, 0) is 37.3 Å². The predicted molar refractivity (Wildman–Crippen MR) is 114 cm³/mol. The van der Waals surface area contributed by atoms with Gasteiger partial charge in [0, 0.05) is 50.1 Å². The van der Waals surface area contributed by atoms with Gasteiger partial charge in [0.15, 0.2) is 0 Å². The molecule has 4 heterocycles. The van der Waals surface area contributed by atoms with E-state index < -0.39 is 0 Å². The van der Waals surface area contributed by atoms with Gasteiger partial charge in [0.05, 0.1) is 23.0 Å². The number of halogens is 1. The van der Waals surface area contributed by atoms with Gasteiger partial charge in [-0.2, -0.15) is 0 Å². The number of aromatic nitrogens is 2. The van der Waals surface area contributed by atoms with E-state index in [1.807, 2.05) is 23.1 Å². The number of anilines is 1. The van der Waals surface area contributed by atoms with Gasteiger partial charge < -0.3 is 19.7 Å². The lowest BCUT2D eigenvalue weighted by Crippen LogP contribution is -2.32. The van der Waals surface area contributed by atoms with Gasteiger partial charge in [-0.3, -0.25) is 4.79 Å². The number of benzene rings is 1. The van der Waals surface area contributed by atoms with Crippen LogP contribution in [0.5, 0.6) is 0 Å². The number of nitrogens with one attached hydrogen (secondary N) is 1. The second kappa shape index (κ2) is 8.49. The Bertz CT molecular complexity index is 942. The summed E-state index contributed by atoms with van der Waals surface area (Å²) in [6, 6.07) is 6.18. The standard InChI is InChI=1S/C22H25ClN4O3/c23-19-11-24-22(25-16-5-8-29-9-6-16)26-20(19)14-3-4-15-12-27(21(28)18(15)10-14)13-17-2-1-7-30-17/h3-4,10-11,16-17H,1-2,5-9,12-13H2,(H,24,25,26). The molecule has 3 aliphatic heterocycles. The smallest absolute Gasteiger partial charge is 0.254 e. The lowest BCUT2D eigenvalue weighted by Gasteiger charge is -2.23. The Morgan fingerprint density at radius 2 is 2.07 bits per heavy atom. The van der Waals surface area contributed by atoms with Gasteiger partial charge in [0.2, 0.25) is 5.95 Å². The van der Waals surface area contributed by atoms with Crippen molar-refractivity contribution in [2.45, 2.75) is 44.4 Å². The molecule has 8 heteroatoms. The summed E-state index contributed by atoms with van der Waals surface area (Å²) in [6.45, 7) is 3.56. The maximum absolute atomic E-state index is 13.0. The molecule has 2 fully saturated rings. The monoisotopic (exact) mass is 428 g/mol. The molecule has 0 saturated carbocycles. The minimum absolute atomic E-state index is 0.0492. The number of carbonyl (C=O) groups is 1. The Labute approximate surface area is 180 Å². The molecule has 1 aromatic carbocycles. The van der Waals surface area contributed by atoms with Crippen molar-refractivity contribution in [3.63, 3.8) is 0 Å². The van der Waals surface area contributed by atoms with E-state index in [1.54, 1.807) is 6.20 Å². The summed E-state index contributed by atoms with van der Waals surface area (Å²) in [5.41, 5.74) is 3.21. The zero-order chi connectivity index (χ0) is 20.5. The molecule has 0 spiro atoms. The molecule has 1 unspecified atom stereocenters. The molecule has 2 saturated heterocycles. The third-order valence-electron chi connectivity index (χ3n) is 6.01. The minimum Gasteiger partial charge on any atom is -0.381 e. The first-order valence-corrected chi connectivity index (χ1v) is 11.0. The highest BCUT2D eigenvalue weighted by Crippen LogP contribution is 2.32. The third-order valence-corrected chi connectivity index (χ3v) is 6.29. The van der Waals surface area contributed by atoms with Crippen LogP contribution in [0, 0.1) is 0 Å². The van der Waals surface area contributed by atoms with Gasteiger partial charge >= 0.3 is 0 Å². The normalized spacial score (nSPS) is 21.8. The van der Waals surface area contributed by atoms with Gasteiger partial charge in [0.25, 0.3) is 5.91 Å². The van der Waals surface area contributed by atoms with E-state index in [1.165, 1.54) is 0 Å². The van der Waals surface area contributed by atoms with Crippen LogP contribution in [0.15, 0.2) is 24.4 Å². The van der Waals surface area contributed by atoms with Crippen molar-refractivity contribution in [2.24, 2.45) is 0 Å². The lowest BCUT2D eigenvalue weighted by atomic mass is 10.0. The van der Waals surface area contributed by atoms with Crippen LogP contribution in [-0.4, -0.2) is 59.3 Å². The molecule has 1 N–H and O–H groups in total. The maximum atomic E-state index is 13.0. The Hall–Kier alpha value is -2.22. The highest BCUT2D eigenvalue weighted by atomic mass is 35.5. The van der Waals surface area contributed by atoms with Crippen LogP contribution in [0.2, 0.25) is 5.02 Å². The SMILES string of the molecule is O=C1c2cc(-c3nc(NC4CCOCC4)ncc3Cl)ccc2CN1CC1CCCO1. The first-order valence-electron chi connectivity index (χ1n) is 10.6. The number of nitrogens with zero attached hydrogens (tertiary/aromatic N) is 3. The van der Waals surface area contributed by atoms with Crippen molar-refractivity contribution < 1.29 is 14.3 Å². The Balaban J connectivity index is 1.36. The summed E-state index contributed by atoms with van der Waals surface area (Å²) in [6.07, 6.45) is 5.71. The molecule has 0 radical (unpaired) electrons. The lowest BCUT2D eigenvalue weighted by molar-refractivity contribution is 0.0545. The van der Waals surface area contributed by atoms with Crippen LogP contribution >= 0.6 is 11.6 Å². The fourth-order valence-corrected chi connectivity index (χ4v) is 4.55. The first-order chi connectivity index (χ1) is 14.7. The molecule has 5 rings (SSSR count). The predicted octanol–water partition coefficient (Wildman–Crippen LogP) is 3.52. The summed E-state index contributed by atoms with van der Waals surface area (Å²) in [7, 11) is 0. The molecule has 2 aromatic rings. The number of amides is 1. The highest BCUT2D eigenvalue weighted by Gasteiger charge is 2.31. The van der Waals surface area contributed by atoms with E-state index in [2.05, 4.69) is 15.3 Å². The quantitative estimate of drug-likeness (QED) is 0.785. The Kier molecular flexibility index (Phi) is 5.58. The summed E-state index contributed by atoms with van der Waals surface area (Å²) in [4.78, 5) is 23.8. The van der Waals surface area contributed by atoms with Gasteiger partial charge in [0.1, 0.15) is 0 Å². The molecule has 0 aliphatic carbocycles. The zero-order valence-corrected chi connectivity index (χ0v) is 17.5. The van der Waals surface area contributed by atoms with Crippen molar-refractivity contribution >= 4 is 23.5 Å². The second-order valence-electron chi connectivity index (χ2n) is 8.11. The van der Waals surface area contributed by atoms with Crippen molar-refractivity contribution in [2.75, 3.05) is 31.7 Å². The van der Waals surface area contributed by atoms with Crippen molar-refractivity contribution in [1.82, 2.24) is 14.9 Å². The molecule has 7 nitrogen and oxygen atoms in total. The number of rotatable bonds is 5. The van der Waals surface area contributed by atoms with Gasteiger partial charge in [-0.1, -0.05) is 23.7 Å².